The van der Waals surface area contributed by atoms with E-state index in [-0.39, 0.29) is 16.8 Å². The molecule has 8 heteroatoms. The number of carbonyl (C=O) groups excluding carboxylic acids is 1. The van der Waals surface area contributed by atoms with Gasteiger partial charge in [-0.3, -0.25) is 4.79 Å². The predicted octanol–water partition coefficient (Wildman–Crippen LogP) is 2.49. The summed E-state index contributed by atoms with van der Waals surface area (Å²) in [6.45, 7) is 3.22. The van der Waals surface area contributed by atoms with Crippen LogP contribution in [0, 0.1) is 0 Å². The second-order valence-electron chi connectivity index (χ2n) is 7.22. The highest BCUT2D eigenvalue weighted by molar-refractivity contribution is 7.89. The highest BCUT2D eigenvalue weighted by atomic mass is 32.2. The van der Waals surface area contributed by atoms with Crippen LogP contribution in [0.5, 0.6) is 11.5 Å². The van der Waals surface area contributed by atoms with E-state index in [4.69, 9.17) is 9.47 Å². The van der Waals surface area contributed by atoms with E-state index >= 15 is 0 Å². The Morgan fingerprint density at radius 1 is 1.10 bits per heavy atom. The van der Waals surface area contributed by atoms with E-state index in [9.17, 15) is 13.2 Å². The van der Waals surface area contributed by atoms with E-state index in [1.54, 1.807) is 30.3 Å². The number of fused-ring (bicyclic) bond motifs is 1. The van der Waals surface area contributed by atoms with E-state index in [1.807, 2.05) is 25.1 Å². The summed E-state index contributed by atoms with van der Waals surface area (Å²) in [6.07, 6.45) is 1.16. The van der Waals surface area contributed by atoms with Gasteiger partial charge in [0.15, 0.2) is 11.5 Å². The molecule has 2 atom stereocenters. The van der Waals surface area contributed by atoms with Gasteiger partial charge in [0.1, 0.15) is 19.3 Å². The average molecular weight is 416 g/mol. The van der Waals surface area contributed by atoms with Gasteiger partial charge in [-0.1, -0.05) is 24.3 Å². The zero-order valence-corrected chi connectivity index (χ0v) is 17.0. The molecule has 4 rings (SSSR count). The van der Waals surface area contributed by atoms with Crippen LogP contribution in [-0.2, 0) is 14.8 Å². The first-order chi connectivity index (χ1) is 14.0. The van der Waals surface area contributed by atoms with Crippen LogP contribution in [0.25, 0.3) is 0 Å². The average Bonchev–Trinajstić information content (AvgIpc) is 3.25. The number of benzene rings is 2. The first-order valence-corrected chi connectivity index (χ1v) is 11.2. The largest absolute Gasteiger partial charge is 0.486 e. The maximum absolute atomic E-state index is 13.0. The minimum absolute atomic E-state index is 0.208. The molecule has 0 radical (unpaired) electrons. The highest BCUT2D eigenvalue weighted by Crippen LogP contribution is 2.33. The van der Waals surface area contributed by atoms with Crippen molar-refractivity contribution in [1.29, 1.82) is 0 Å². The minimum atomic E-state index is -3.71. The highest BCUT2D eigenvalue weighted by Gasteiger charge is 2.39. The smallest absolute Gasteiger partial charge is 0.243 e. The quantitative estimate of drug-likeness (QED) is 0.810. The molecule has 1 amide bonds. The number of carbonyl (C=O) groups is 1. The topological polar surface area (TPSA) is 84.9 Å². The zero-order chi connectivity index (χ0) is 20.4. The van der Waals surface area contributed by atoms with E-state index < -0.39 is 16.1 Å². The van der Waals surface area contributed by atoms with Crippen LogP contribution in [0.3, 0.4) is 0 Å². The van der Waals surface area contributed by atoms with Crippen LogP contribution in [0.2, 0.25) is 0 Å². The van der Waals surface area contributed by atoms with Gasteiger partial charge in [0.05, 0.1) is 10.9 Å². The Morgan fingerprint density at radius 3 is 2.59 bits per heavy atom. The lowest BCUT2D eigenvalue weighted by Gasteiger charge is -2.26. The van der Waals surface area contributed by atoms with Crippen molar-refractivity contribution in [1.82, 2.24) is 9.62 Å². The summed E-state index contributed by atoms with van der Waals surface area (Å²) < 4.78 is 38.4. The van der Waals surface area contributed by atoms with Crippen molar-refractivity contribution >= 4 is 15.9 Å². The van der Waals surface area contributed by atoms with Gasteiger partial charge in [0.25, 0.3) is 0 Å². The van der Waals surface area contributed by atoms with Crippen LogP contribution < -0.4 is 14.8 Å². The maximum atomic E-state index is 13.0. The fourth-order valence-corrected chi connectivity index (χ4v) is 5.42. The van der Waals surface area contributed by atoms with E-state index in [2.05, 4.69) is 5.32 Å². The van der Waals surface area contributed by atoms with Crippen molar-refractivity contribution in [2.24, 2.45) is 0 Å². The summed E-state index contributed by atoms with van der Waals surface area (Å²) in [6, 6.07) is 12.8. The van der Waals surface area contributed by atoms with Crippen LogP contribution in [0.15, 0.2) is 53.4 Å². The third-order valence-electron chi connectivity index (χ3n) is 5.28. The van der Waals surface area contributed by atoms with Gasteiger partial charge >= 0.3 is 0 Å². The molecular weight excluding hydrogens is 392 g/mol. The van der Waals surface area contributed by atoms with Gasteiger partial charge in [0.2, 0.25) is 15.9 Å². The number of hydrogen-bond donors (Lipinski definition) is 1. The van der Waals surface area contributed by atoms with E-state index in [0.29, 0.717) is 44.1 Å². The van der Waals surface area contributed by atoms with Crippen LogP contribution in [-0.4, -0.2) is 44.4 Å². The summed E-state index contributed by atoms with van der Waals surface area (Å²) in [5.74, 6) is 1.06. The van der Waals surface area contributed by atoms with Crippen molar-refractivity contribution in [3.63, 3.8) is 0 Å². The molecule has 0 bridgehead atoms. The molecular formula is C21H24N2O5S. The number of hydrogen-bond acceptors (Lipinski definition) is 5. The molecule has 1 fully saturated rings. The van der Waals surface area contributed by atoms with Gasteiger partial charge in [-0.25, -0.2) is 8.42 Å². The number of rotatable bonds is 5. The Balaban J connectivity index is 1.49. The Morgan fingerprint density at radius 2 is 1.83 bits per heavy atom. The second kappa shape index (κ2) is 8.04. The molecule has 29 heavy (non-hydrogen) atoms. The van der Waals surface area contributed by atoms with Gasteiger partial charge < -0.3 is 14.8 Å². The van der Waals surface area contributed by atoms with Crippen molar-refractivity contribution in [2.75, 3.05) is 19.8 Å². The molecule has 2 unspecified atom stereocenters. The third kappa shape index (κ3) is 3.95. The zero-order valence-electron chi connectivity index (χ0n) is 16.2. The molecule has 154 valence electrons. The molecule has 1 N–H and O–H groups in total. The van der Waals surface area contributed by atoms with E-state index in [1.165, 1.54) is 4.31 Å². The van der Waals surface area contributed by atoms with Crippen molar-refractivity contribution in [3.05, 3.63) is 54.1 Å². The molecule has 0 saturated carbocycles. The Labute approximate surface area is 170 Å². The lowest BCUT2D eigenvalue weighted by molar-refractivity contribution is -0.124. The van der Waals surface area contributed by atoms with Crippen molar-refractivity contribution in [2.45, 2.75) is 36.7 Å². The van der Waals surface area contributed by atoms with Gasteiger partial charge in [-0.05, 0) is 49.6 Å². The van der Waals surface area contributed by atoms with Crippen molar-refractivity contribution in [3.8, 4) is 11.5 Å². The Bertz CT molecular complexity index is 993. The number of nitrogens with zero attached hydrogens (tertiary/aromatic N) is 1. The van der Waals surface area contributed by atoms with Crippen LogP contribution >= 0.6 is 0 Å². The van der Waals surface area contributed by atoms with Gasteiger partial charge in [-0.15, -0.1) is 0 Å². The number of amides is 1. The lowest BCUT2D eigenvalue weighted by Crippen LogP contribution is -2.46. The molecule has 2 aromatic rings. The molecule has 2 aliphatic heterocycles. The molecule has 0 aliphatic carbocycles. The fourth-order valence-electron chi connectivity index (χ4n) is 3.74. The summed E-state index contributed by atoms with van der Waals surface area (Å²) in [5.41, 5.74) is 0.873. The monoisotopic (exact) mass is 416 g/mol. The Hall–Kier alpha value is -2.58. The van der Waals surface area contributed by atoms with Gasteiger partial charge in [0, 0.05) is 6.54 Å². The summed E-state index contributed by atoms with van der Waals surface area (Å²) in [5, 5.41) is 2.96. The van der Waals surface area contributed by atoms with Crippen LogP contribution in [0.4, 0.5) is 0 Å². The predicted molar refractivity (Wildman–Crippen MR) is 107 cm³/mol. The molecule has 1 saturated heterocycles. The third-order valence-corrected chi connectivity index (χ3v) is 7.20. The number of nitrogens with one attached hydrogen (secondary N) is 1. The fraction of sp³-hybridized carbons (Fsp3) is 0.381. The summed E-state index contributed by atoms with van der Waals surface area (Å²) in [7, 11) is -3.71. The number of sulfonamides is 1. The van der Waals surface area contributed by atoms with Crippen LogP contribution in [0.1, 0.15) is 31.4 Å². The van der Waals surface area contributed by atoms with E-state index in [0.717, 1.165) is 5.56 Å². The summed E-state index contributed by atoms with van der Waals surface area (Å²) in [4.78, 5) is 13.1. The first kappa shape index (κ1) is 19.7. The summed E-state index contributed by atoms with van der Waals surface area (Å²) >= 11 is 0. The molecule has 2 heterocycles. The minimum Gasteiger partial charge on any atom is -0.486 e. The molecule has 0 aromatic heterocycles. The SMILES string of the molecule is CC(NC(=O)C1CCCN1S(=O)(=O)c1ccccc1)c1ccc2c(c1)OCCO2. The maximum Gasteiger partial charge on any atom is 0.243 e. The first-order valence-electron chi connectivity index (χ1n) is 9.73. The molecule has 0 spiro atoms. The number of ether oxygens (including phenoxy) is 2. The molecule has 2 aromatic carbocycles. The molecule has 7 nitrogen and oxygen atoms in total. The van der Waals surface area contributed by atoms with Crippen molar-refractivity contribution < 1.29 is 22.7 Å². The van der Waals surface area contributed by atoms with Gasteiger partial charge in [-0.2, -0.15) is 4.31 Å². The standard InChI is InChI=1S/C21H24N2O5S/c1-15(16-9-10-19-20(14-16)28-13-12-27-19)22-21(24)18-8-5-11-23(18)29(25,26)17-6-3-2-4-7-17/h2-4,6-7,9-10,14-15,18H,5,8,11-13H2,1H3,(H,22,24). The second-order valence-corrected chi connectivity index (χ2v) is 9.11. The Kier molecular flexibility index (Phi) is 5.47. The normalized spacial score (nSPS) is 20.2. The molecule has 2 aliphatic rings. The lowest BCUT2D eigenvalue weighted by atomic mass is 10.1.